The van der Waals surface area contributed by atoms with Gasteiger partial charge in [0.2, 0.25) is 0 Å². The molecule has 3 nitrogen and oxygen atoms in total. The molecule has 0 atom stereocenters. The number of rotatable bonds is 2. The number of alkyl halides is 2. The van der Waals surface area contributed by atoms with Crippen molar-refractivity contribution >= 4 is 32.8 Å². The van der Waals surface area contributed by atoms with E-state index in [9.17, 15) is 18.7 Å². The van der Waals surface area contributed by atoms with Crippen LogP contribution in [-0.2, 0) is 0 Å². The van der Waals surface area contributed by atoms with Crippen LogP contribution in [0.5, 0.6) is 5.75 Å². The highest BCUT2D eigenvalue weighted by Crippen LogP contribution is 2.35. The summed E-state index contributed by atoms with van der Waals surface area (Å²) in [5.74, 6) is -0.772. The van der Waals surface area contributed by atoms with Crippen molar-refractivity contribution in [3.05, 3.63) is 21.9 Å². The van der Waals surface area contributed by atoms with Gasteiger partial charge in [0.1, 0.15) is 4.60 Å². The molecular weight excluding hydrogens is 283 g/mol. The summed E-state index contributed by atoms with van der Waals surface area (Å²) in [5, 5.41) is 8.11. The van der Waals surface area contributed by atoms with Crippen LogP contribution < -0.4 is 0 Å². The third-order valence-electron chi connectivity index (χ3n) is 1.48. The number of pyridine rings is 1. The highest BCUT2D eigenvalue weighted by molar-refractivity contribution is 9.10. The van der Waals surface area contributed by atoms with E-state index in [2.05, 4.69) is 20.9 Å². The lowest BCUT2D eigenvalue weighted by molar-refractivity contribution is 0.106. The molecule has 1 aromatic rings. The molecule has 0 bridgehead atoms. The summed E-state index contributed by atoms with van der Waals surface area (Å²) in [6, 6.07) is 0. The van der Waals surface area contributed by atoms with Crippen LogP contribution in [0.25, 0.3) is 0 Å². The molecular formula is C7H3BrClF2NO2. The number of aromatic hydroxyl groups is 1. The maximum atomic E-state index is 12.4. The molecule has 0 amide bonds. The minimum atomic E-state index is -2.99. The SMILES string of the molecule is O=C(Cl)c1cnc(Br)c(O)c1C(F)F. The van der Waals surface area contributed by atoms with Crippen molar-refractivity contribution < 1.29 is 18.7 Å². The second-order valence-electron chi connectivity index (χ2n) is 2.30. The van der Waals surface area contributed by atoms with Crippen LogP contribution in [0.1, 0.15) is 22.3 Å². The van der Waals surface area contributed by atoms with Crippen molar-refractivity contribution in [2.24, 2.45) is 0 Å². The zero-order valence-corrected chi connectivity index (χ0v) is 8.81. The summed E-state index contributed by atoms with van der Waals surface area (Å²) in [7, 11) is 0. The molecule has 1 N–H and O–H groups in total. The molecule has 1 rings (SSSR count). The van der Waals surface area contributed by atoms with E-state index < -0.39 is 28.5 Å². The van der Waals surface area contributed by atoms with Crippen LogP contribution in [0.2, 0.25) is 0 Å². The molecule has 76 valence electrons. The van der Waals surface area contributed by atoms with Gasteiger partial charge in [0, 0.05) is 6.20 Å². The Morgan fingerprint density at radius 1 is 1.64 bits per heavy atom. The van der Waals surface area contributed by atoms with Gasteiger partial charge in [-0.05, 0) is 27.5 Å². The van der Waals surface area contributed by atoms with E-state index in [1.165, 1.54) is 0 Å². The number of hydrogen-bond acceptors (Lipinski definition) is 3. The van der Waals surface area contributed by atoms with Crippen LogP contribution in [0.15, 0.2) is 10.8 Å². The summed E-state index contributed by atoms with van der Waals surface area (Å²) < 4.78 is 24.7. The minimum absolute atomic E-state index is 0.158. The van der Waals surface area contributed by atoms with Gasteiger partial charge in [-0.25, -0.2) is 13.8 Å². The first-order valence-electron chi connectivity index (χ1n) is 3.30. The van der Waals surface area contributed by atoms with Gasteiger partial charge < -0.3 is 5.11 Å². The Morgan fingerprint density at radius 3 is 2.64 bits per heavy atom. The van der Waals surface area contributed by atoms with E-state index in [4.69, 9.17) is 11.6 Å². The maximum Gasteiger partial charge on any atom is 0.268 e. The number of carbonyl (C=O) groups excluding carboxylic acids is 1. The normalized spacial score (nSPS) is 10.6. The quantitative estimate of drug-likeness (QED) is 0.672. The summed E-state index contributed by atoms with van der Waals surface area (Å²) in [5.41, 5.74) is -1.31. The van der Waals surface area contributed by atoms with Gasteiger partial charge in [-0.2, -0.15) is 0 Å². The highest BCUT2D eigenvalue weighted by Gasteiger charge is 2.23. The number of nitrogens with zero attached hydrogens (tertiary/aromatic N) is 1. The maximum absolute atomic E-state index is 12.4. The molecule has 1 aromatic heterocycles. The number of aromatic nitrogens is 1. The molecule has 0 spiro atoms. The lowest BCUT2D eigenvalue weighted by Crippen LogP contribution is -2.00. The fourth-order valence-electron chi connectivity index (χ4n) is 0.868. The van der Waals surface area contributed by atoms with E-state index >= 15 is 0 Å². The van der Waals surface area contributed by atoms with Crippen molar-refractivity contribution in [2.75, 3.05) is 0 Å². The molecule has 0 aliphatic heterocycles. The van der Waals surface area contributed by atoms with E-state index in [1.807, 2.05) is 0 Å². The molecule has 14 heavy (non-hydrogen) atoms. The molecule has 0 aromatic carbocycles. The Balaban J connectivity index is 3.45. The highest BCUT2D eigenvalue weighted by atomic mass is 79.9. The fourth-order valence-corrected chi connectivity index (χ4v) is 1.33. The van der Waals surface area contributed by atoms with Gasteiger partial charge in [0.05, 0.1) is 11.1 Å². The van der Waals surface area contributed by atoms with E-state index in [1.54, 1.807) is 0 Å². The monoisotopic (exact) mass is 285 g/mol. The number of hydrogen-bond donors (Lipinski definition) is 1. The summed E-state index contributed by atoms with van der Waals surface area (Å²) in [6.07, 6.45) is -2.12. The third-order valence-corrected chi connectivity index (χ3v) is 2.26. The largest absolute Gasteiger partial charge is 0.505 e. The predicted octanol–water partition coefficient (Wildman–Crippen LogP) is 2.87. The van der Waals surface area contributed by atoms with Crippen molar-refractivity contribution in [1.29, 1.82) is 0 Å². The number of halogens is 4. The molecule has 0 saturated heterocycles. The smallest absolute Gasteiger partial charge is 0.268 e. The van der Waals surface area contributed by atoms with Crippen LogP contribution in [0.3, 0.4) is 0 Å². The predicted molar refractivity (Wildman–Crippen MR) is 48.7 cm³/mol. The minimum Gasteiger partial charge on any atom is -0.505 e. The Bertz CT molecular complexity index is 386. The Morgan fingerprint density at radius 2 is 2.21 bits per heavy atom. The van der Waals surface area contributed by atoms with Crippen molar-refractivity contribution in [3.8, 4) is 5.75 Å². The lowest BCUT2D eigenvalue weighted by Gasteiger charge is -2.07. The van der Waals surface area contributed by atoms with Crippen LogP contribution >= 0.6 is 27.5 Å². The standard InChI is InChI=1S/C7H3BrClF2NO2/c8-5-4(13)3(7(10)11)2(1-12-5)6(9)14/h1,7,13H. The number of carbonyl (C=O) groups is 1. The van der Waals surface area contributed by atoms with Crippen molar-refractivity contribution in [2.45, 2.75) is 6.43 Å². The van der Waals surface area contributed by atoms with Gasteiger partial charge in [0.25, 0.3) is 11.7 Å². The van der Waals surface area contributed by atoms with Gasteiger partial charge in [-0.1, -0.05) is 0 Å². The molecule has 0 unspecified atom stereocenters. The van der Waals surface area contributed by atoms with Crippen LogP contribution in [0.4, 0.5) is 8.78 Å². The molecule has 0 saturated carbocycles. The van der Waals surface area contributed by atoms with Crippen molar-refractivity contribution in [1.82, 2.24) is 4.98 Å². The summed E-state index contributed by atoms with van der Waals surface area (Å²) in [6.45, 7) is 0. The Labute approximate surface area is 90.8 Å². The third kappa shape index (κ3) is 2.01. The topological polar surface area (TPSA) is 50.2 Å². The first-order chi connectivity index (χ1) is 6.45. The molecule has 0 aliphatic carbocycles. The van der Waals surface area contributed by atoms with Gasteiger partial charge in [0.15, 0.2) is 5.75 Å². The van der Waals surface area contributed by atoms with E-state index in [0.717, 1.165) is 6.20 Å². The molecule has 7 heteroatoms. The second kappa shape index (κ2) is 4.18. The first-order valence-corrected chi connectivity index (χ1v) is 4.47. The lowest BCUT2D eigenvalue weighted by atomic mass is 10.1. The van der Waals surface area contributed by atoms with Gasteiger partial charge in [-0.3, -0.25) is 4.79 Å². The van der Waals surface area contributed by atoms with Gasteiger partial charge >= 0.3 is 0 Å². The van der Waals surface area contributed by atoms with Crippen LogP contribution in [-0.4, -0.2) is 15.3 Å². The second-order valence-corrected chi connectivity index (χ2v) is 3.39. The Hall–Kier alpha value is -0.750. The summed E-state index contributed by atoms with van der Waals surface area (Å²) >= 11 is 7.79. The fraction of sp³-hybridized carbons (Fsp3) is 0.143. The Kier molecular flexibility index (Phi) is 3.38. The average molecular weight is 286 g/mol. The molecule has 0 aliphatic rings. The zero-order chi connectivity index (χ0) is 10.9. The van der Waals surface area contributed by atoms with E-state index in [0.29, 0.717) is 0 Å². The van der Waals surface area contributed by atoms with Crippen molar-refractivity contribution in [3.63, 3.8) is 0 Å². The van der Waals surface area contributed by atoms with E-state index in [-0.39, 0.29) is 4.60 Å². The average Bonchev–Trinajstić information content (AvgIpc) is 2.08. The van der Waals surface area contributed by atoms with Gasteiger partial charge in [-0.15, -0.1) is 0 Å². The zero-order valence-electron chi connectivity index (χ0n) is 6.47. The van der Waals surface area contributed by atoms with Crippen LogP contribution in [0, 0.1) is 0 Å². The first kappa shape index (κ1) is 11.3. The molecule has 0 fully saturated rings. The molecule has 0 radical (unpaired) electrons. The summed E-state index contributed by atoms with van der Waals surface area (Å²) in [4.78, 5) is 14.2. The molecule has 1 heterocycles.